The molecule has 0 amide bonds. The lowest BCUT2D eigenvalue weighted by Gasteiger charge is -2.26. The van der Waals surface area contributed by atoms with Gasteiger partial charge in [-0.25, -0.2) is 0 Å². The van der Waals surface area contributed by atoms with Gasteiger partial charge in [-0.15, -0.1) is 0 Å². The Bertz CT molecular complexity index is 1130. The van der Waals surface area contributed by atoms with E-state index in [1.165, 1.54) is 5.56 Å². The van der Waals surface area contributed by atoms with Crippen molar-refractivity contribution in [3.8, 4) is 5.75 Å². The van der Waals surface area contributed by atoms with Gasteiger partial charge in [-0.2, -0.15) is 0 Å². The number of hydrogen-bond donors (Lipinski definition) is 3. The molecule has 31 heavy (non-hydrogen) atoms. The summed E-state index contributed by atoms with van der Waals surface area (Å²) >= 11 is 5.66. The molecule has 2 aromatic carbocycles. The van der Waals surface area contributed by atoms with Crippen LogP contribution in [0.1, 0.15) is 30.0 Å². The van der Waals surface area contributed by atoms with Crippen molar-refractivity contribution < 1.29 is 9.84 Å². The summed E-state index contributed by atoms with van der Waals surface area (Å²) in [5, 5.41) is 14.0. The summed E-state index contributed by atoms with van der Waals surface area (Å²) in [7, 11) is 0. The van der Waals surface area contributed by atoms with Gasteiger partial charge in [-0.3, -0.25) is 4.79 Å². The summed E-state index contributed by atoms with van der Waals surface area (Å²) in [6.07, 6.45) is 0.550. The molecule has 1 aromatic heterocycles. The molecule has 0 atom stereocenters. The van der Waals surface area contributed by atoms with Gasteiger partial charge in [-0.1, -0.05) is 17.7 Å². The number of aliphatic hydroxyl groups is 1. The molecule has 7 heteroatoms. The summed E-state index contributed by atoms with van der Waals surface area (Å²) in [5.74, 6) is 0.761. The summed E-state index contributed by atoms with van der Waals surface area (Å²) in [5.41, 5.74) is 4.41. The number of aliphatic hydroxyl groups excluding tert-OH is 1. The van der Waals surface area contributed by atoms with Crippen LogP contribution in [0.15, 0.2) is 47.3 Å². The first-order valence-electron chi connectivity index (χ1n) is 10.4. The molecular formula is C24H29N3O3S. The van der Waals surface area contributed by atoms with E-state index in [2.05, 4.69) is 16.4 Å². The quantitative estimate of drug-likeness (QED) is 0.458. The van der Waals surface area contributed by atoms with E-state index < -0.39 is 0 Å². The van der Waals surface area contributed by atoms with Crippen molar-refractivity contribution in [1.82, 2.24) is 9.88 Å². The maximum Gasteiger partial charge on any atom is 0.253 e. The topological polar surface area (TPSA) is 77.6 Å². The number of H-pyrrole nitrogens is 1. The Hall–Kier alpha value is -2.90. The van der Waals surface area contributed by atoms with E-state index in [0.29, 0.717) is 36.8 Å². The molecule has 3 N–H and O–H groups in total. The first kappa shape index (κ1) is 22.8. The molecule has 0 aliphatic heterocycles. The zero-order valence-corrected chi connectivity index (χ0v) is 19.0. The minimum atomic E-state index is -0.153. The maximum absolute atomic E-state index is 12.7. The predicted molar refractivity (Wildman–Crippen MR) is 130 cm³/mol. The van der Waals surface area contributed by atoms with E-state index in [9.17, 15) is 9.90 Å². The SMILES string of the molecule is CCOc1ccc2[nH]c(=O)c(CN(CCCO)C(=S)Nc3ccc(C)cc3C)cc2c1. The third-order valence-electron chi connectivity index (χ3n) is 5.06. The van der Waals surface area contributed by atoms with E-state index in [0.717, 1.165) is 27.9 Å². The molecule has 0 unspecified atom stereocenters. The Morgan fingerprint density at radius 1 is 1.19 bits per heavy atom. The molecule has 0 spiro atoms. The molecule has 0 bridgehead atoms. The molecule has 0 saturated carbocycles. The zero-order chi connectivity index (χ0) is 22.4. The molecule has 1 heterocycles. The highest BCUT2D eigenvalue weighted by molar-refractivity contribution is 7.80. The second kappa shape index (κ2) is 10.4. The zero-order valence-electron chi connectivity index (χ0n) is 18.2. The monoisotopic (exact) mass is 439 g/mol. The number of fused-ring (bicyclic) bond motifs is 1. The fraction of sp³-hybridized carbons (Fsp3) is 0.333. The van der Waals surface area contributed by atoms with Crippen LogP contribution in [0, 0.1) is 13.8 Å². The Balaban J connectivity index is 1.86. The average molecular weight is 440 g/mol. The molecule has 164 valence electrons. The van der Waals surface area contributed by atoms with E-state index >= 15 is 0 Å². The van der Waals surface area contributed by atoms with Crippen LogP contribution in [0.2, 0.25) is 0 Å². The lowest BCUT2D eigenvalue weighted by molar-refractivity contribution is 0.265. The number of hydrogen-bond acceptors (Lipinski definition) is 4. The number of thiocarbonyl (C=S) groups is 1. The third kappa shape index (κ3) is 5.83. The van der Waals surface area contributed by atoms with Gasteiger partial charge in [0.1, 0.15) is 5.75 Å². The van der Waals surface area contributed by atoms with Crippen molar-refractivity contribution in [2.24, 2.45) is 0 Å². The molecular weight excluding hydrogens is 410 g/mol. The molecule has 6 nitrogen and oxygen atoms in total. The first-order chi connectivity index (χ1) is 14.9. The number of nitrogens with one attached hydrogen (secondary N) is 2. The van der Waals surface area contributed by atoms with E-state index in [-0.39, 0.29) is 12.2 Å². The van der Waals surface area contributed by atoms with E-state index in [1.807, 2.05) is 62.1 Å². The number of anilines is 1. The number of nitrogens with zero attached hydrogens (tertiary/aromatic N) is 1. The van der Waals surface area contributed by atoms with Crippen LogP contribution >= 0.6 is 12.2 Å². The van der Waals surface area contributed by atoms with Crippen molar-refractivity contribution in [2.45, 2.75) is 33.7 Å². The van der Waals surface area contributed by atoms with Crippen molar-refractivity contribution in [3.05, 3.63) is 69.5 Å². The molecule has 3 rings (SSSR count). The number of aryl methyl sites for hydroxylation is 2. The van der Waals surface area contributed by atoms with Crippen LogP contribution in [0.4, 0.5) is 5.69 Å². The smallest absolute Gasteiger partial charge is 0.253 e. The van der Waals surface area contributed by atoms with Gasteiger partial charge in [-0.05, 0) is 75.3 Å². The Labute approximate surface area is 187 Å². The van der Waals surface area contributed by atoms with Gasteiger partial charge in [0.05, 0.1) is 13.2 Å². The fourth-order valence-corrected chi connectivity index (χ4v) is 3.74. The Morgan fingerprint density at radius 3 is 2.71 bits per heavy atom. The number of ether oxygens (including phenoxy) is 1. The molecule has 0 radical (unpaired) electrons. The van der Waals surface area contributed by atoms with Crippen LogP contribution < -0.4 is 15.6 Å². The van der Waals surface area contributed by atoms with Gasteiger partial charge in [0.2, 0.25) is 0 Å². The standard InChI is InChI=1S/C24H29N3O3S/c1-4-30-20-7-9-22-18(14-20)13-19(23(29)25-22)15-27(10-5-11-28)24(31)26-21-8-6-16(2)12-17(21)3/h6-9,12-14,28H,4-5,10-11,15H2,1-3H3,(H,25,29)(H,26,31). The van der Waals surface area contributed by atoms with Gasteiger partial charge in [0.25, 0.3) is 5.56 Å². The normalized spacial score (nSPS) is 10.8. The summed E-state index contributed by atoms with van der Waals surface area (Å²) in [6.45, 7) is 7.50. The molecule has 0 aliphatic carbocycles. The maximum atomic E-state index is 12.7. The van der Waals surface area contributed by atoms with Crippen LogP contribution in [-0.4, -0.2) is 39.9 Å². The summed E-state index contributed by atoms with van der Waals surface area (Å²) in [6, 6.07) is 13.6. The lowest BCUT2D eigenvalue weighted by atomic mass is 10.1. The lowest BCUT2D eigenvalue weighted by Crippen LogP contribution is -2.37. The third-order valence-corrected chi connectivity index (χ3v) is 5.42. The number of benzene rings is 2. The number of aromatic nitrogens is 1. The van der Waals surface area contributed by atoms with Crippen molar-refractivity contribution in [2.75, 3.05) is 25.1 Å². The van der Waals surface area contributed by atoms with Crippen LogP contribution in [0.3, 0.4) is 0 Å². The number of pyridine rings is 1. The molecule has 3 aromatic rings. The van der Waals surface area contributed by atoms with Crippen molar-refractivity contribution in [3.63, 3.8) is 0 Å². The second-order valence-electron chi connectivity index (χ2n) is 7.55. The Morgan fingerprint density at radius 2 is 2.00 bits per heavy atom. The number of rotatable bonds is 8. The highest BCUT2D eigenvalue weighted by atomic mass is 32.1. The minimum absolute atomic E-state index is 0.0501. The van der Waals surface area contributed by atoms with Crippen LogP contribution in [0.25, 0.3) is 10.9 Å². The van der Waals surface area contributed by atoms with E-state index in [1.54, 1.807) is 0 Å². The molecule has 0 aliphatic rings. The summed E-state index contributed by atoms with van der Waals surface area (Å²) < 4.78 is 5.58. The van der Waals surface area contributed by atoms with Crippen LogP contribution in [0.5, 0.6) is 5.75 Å². The van der Waals surface area contributed by atoms with Crippen molar-refractivity contribution >= 4 is 33.9 Å². The highest BCUT2D eigenvalue weighted by Crippen LogP contribution is 2.21. The average Bonchev–Trinajstić information content (AvgIpc) is 2.73. The van der Waals surface area contributed by atoms with E-state index in [4.69, 9.17) is 17.0 Å². The second-order valence-corrected chi connectivity index (χ2v) is 7.94. The predicted octanol–water partition coefficient (Wildman–Crippen LogP) is 4.13. The first-order valence-corrected chi connectivity index (χ1v) is 10.8. The Kier molecular flexibility index (Phi) is 7.65. The molecule has 0 saturated heterocycles. The van der Waals surface area contributed by atoms with Gasteiger partial charge < -0.3 is 25.0 Å². The highest BCUT2D eigenvalue weighted by Gasteiger charge is 2.14. The van der Waals surface area contributed by atoms with Gasteiger partial charge >= 0.3 is 0 Å². The fourth-order valence-electron chi connectivity index (χ4n) is 3.47. The minimum Gasteiger partial charge on any atom is -0.494 e. The summed E-state index contributed by atoms with van der Waals surface area (Å²) in [4.78, 5) is 17.6. The molecule has 0 fully saturated rings. The van der Waals surface area contributed by atoms with Crippen molar-refractivity contribution in [1.29, 1.82) is 0 Å². The van der Waals surface area contributed by atoms with Crippen LogP contribution in [-0.2, 0) is 6.54 Å². The number of aromatic amines is 1. The largest absolute Gasteiger partial charge is 0.494 e. The van der Waals surface area contributed by atoms with Gasteiger partial charge in [0, 0.05) is 35.3 Å². The van der Waals surface area contributed by atoms with Gasteiger partial charge in [0.15, 0.2) is 5.11 Å².